The average Bonchev–Trinajstić information content (AvgIpc) is 2.39. The van der Waals surface area contributed by atoms with Crippen LogP contribution in [-0.2, 0) is 0 Å². The number of nitrogens with zero attached hydrogens (tertiary/aromatic N) is 1. The van der Waals surface area contributed by atoms with Crippen LogP contribution in [0.1, 0.15) is 38.8 Å². The number of hydrogen-bond acceptors (Lipinski definition) is 3. The van der Waals surface area contributed by atoms with Gasteiger partial charge in [-0.1, -0.05) is 15.9 Å². The zero-order valence-corrected chi connectivity index (χ0v) is 13.9. The molecule has 0 aromatic heterocycles. The second kappa shape index (κ2) is 7.88. The predicted molar refractivity (Wildman–Crippen MR) is 85.8 cm³/mol. The standard InChI is InChI=1S/C15H25BrN2O/c1-11(2)18(8-5-9-19)15-7-6-13(16)10-14(15)12(3)17-4/h6-7,10-12,17,19H,5,8-9H2,1-4H3. The quantitative estimate of drug-likeness (QED) is 0.805. The van der Waals surface area contributed by atoms with Crippen LogP contribution in [0.3, 0.4) is 0 Å². The Kier molecular flexibility index (Phi) is 6.83. The van der Waals surface area contributed by atoms with E-state index in [2.05, 4.69) is 65.1 Å². The fraction of sp³-hybridized carbons (Fsp3) is 0.600. The van der Waals surface area contributed by atoms with Crippen LogP contribution in [0.5, 0.6) is 0 Å². The Balaban J connectivity index is 3.13. The Bertz CT molecular complexity index is 396. The molecule has 0 aliphatic carbocycles. The minimum Gasteiger partial charge on any atom is -0.396 e. The molecule has 1 aromatic rings. The van der Waals surface area contributed by atoms with Crippen molar-refractivity contribution < 1.29 is 5.11 Å². The summed E-state index contributed by atoms with van der Waals surface area (Å²) in [5.41, 5.74) is 2.53. The van der Waals surface area contributed by atoms with Crippen molar-refractivity contribution in [3.05, 3.63) is 28.2 Å². The van der Waals surface area contributed by atoms with Crippen LogP contribution >= 0.6 is 15.9 Å². The van der Waals surface area contributed by atoms with Gasteiger partial charge < -0.3 is 15.3 Å². The van der Waals surface area contributed by atoms with Crippen molar-refractivity contribution in [1.82, 2.24) is 5.32 Å². The summed E-state index contributed by atoms with van der Waals surface area (Å²) in [6, 6.07) is 7.11. The molecule has 0 spiro atoms. The van der Waals surface area contributed by atoms with Crippen LogP contribution in [0.15, 0.2) is 22.7 Å². The molecule has 3 nitrogen and oxygen atoms in total. The second-order valence-corrected chi connectivity index (χ2v) is 5.99. The van der Waals surface area contributed by atoms with Crippen LogP contribution in [0.4, 0.5) is 5.69 Å². The van der Waals surface area contributed by atoms with E-state index in [9.17, 15) is 0 Å². The normalized spacial score (nSPS) is 12.8. The van der Waals surface area contributed by atoms with E-state index in [0.29, 0.717) is 12.1 Å². The maximum absolute atomic E-state index is 9.07. The van der Waals surface area contributed by atoms with Gasteiger partial charge in [0.15, 0.2) is 0 Å². The molecular formula is C15H25BrN2O. The van der Waals surface area contributed by atoms with E-state index >= 15 is 0 Å². The summed E-state index contributed by atoms with van der Waals surface area (Å²) in [4.78, 5) is 2.35. The van der Waals surface area contributed by atoms with Gasteiger partial charge in [-0.05, 0) is 58.0 Å². The molecule has 0 amide bonds. The topological polar surface area (TPSA) is 35.5 Å². The van der Waals surface area contributed by atoms with Gasteiger partial charge in [-0.15, -0.1) is 0 Å². The fourth-order valence-electron chi connectivity index (χ4n) is 2.19. The minimum atomic E-state index is 0.233. The lowest BCUT2D eigenvalue weighted by Gasteiger charge is -2.32. The van der Waals surface area contributed by atoms with Crippen LogP contribution in [-0.4, -0.2) is 31.3 Å². The van der Waals surface area contributed by atoms with Gasteiger partial charge in [0.05, 0.1) is 0 Å². The first-order valence-corrected chi connectivity index (χ1v) is 7.64. The predicted octanol–water partition coefficient (Wildman–Crippen LogP) is 3.33. The Morgan fingerprint density at radius 2 is 2.00 bits per heavy atom. The molecule has 1 atom stereocenters. The highest BCUT2D eigenvalue weighted by Crippen LogP contribution is 2.30. The summed E-state index contributed by atoms with van der Waals surface area (Å²) in [5, 5.41) is 12.4. The fourth-order valence-corrected chi connectivity index (χ4v) is 2.57. The Labute approximate surface area is 125 Å². The summed E-state index contributed by atoms with van der Waals surface area (Å²) in [5.74, 6) is 0. The molecule has 108 valence electrons. The molecular weight excluding hydrogens is 304 g/mol. The van der Waals surface area contributed by atoms with Gasteiger partial charge in [-0.25, -0.2) is 0 Å². The van der Waals surface area contributed by atoms with Gasteiger partial charge in [-0.2, -0.15) is 0 Å². The molecule has 0 aliphatic rings. The summed E-state index contributed by atoms with van der Waals surface area (Å²) in [6.45, 7) is 7.65. The van der Waals surface area contributed by atoms with Gasteiger partial charge in [-0.3, -0.25) is 0 Å². The van der Waals surface area contributed by atoms with Crippen LogP contribution < -0.4 is 10.2 Å². The molecule has 1 rings (SSSR count). The molecule has 0 aliphatic heterocycles. The number of aliphatic hydroxyl groups is 1. The van der Waals surface area contributed by atoms with E-state index in [1.165, 1.54) is 11.3 Å². The summed E-state index contributed by atoms with van der Waals surface area (Å²) < 4.78 is 1.10. The highest BCUT2D eigenvalue weighted by atomic mass is 79.9. The zero-order chi connectivity index (χ0) is 14.4. The van der Waals surface area contributed by atoms with Gasteiger partial charge in [0, 0.05) is 35.4 Å². The smallest absolute Gasteiger partial charge is 0.0447 e. The van der Waals surface area contributed by atoms with Crippen LogP contribution in [0.25, 0.3) is 0 Å². The van der Waals surface area contributed by atoms with Crippen molar-refractivity contribution >= 4 is 21.6 Å². The molecule has 0 bridgehead atoms. The van der Waals surface area contributed by atoms with Crippen LogP contribution in [0, 0.1) is 0 Å². The van der Waals surface area contributed by atoms with E-state index in [1.807, 2.05) is 7.05 Å². The number of hydrogen-bond donors (Lipinski definition) is 2. The lowest BCUT2D eigenvalue weighted by molar-refractivity contribution is 0.288. The zero-order valence-electron chi connectivity index (χ0n) is 12.3. The Hall–Kier alpha value is -0.580. The number of halogens is 1. The highest BCUT2D eigenvalue weighted by molar-refractivity contribution is 9.10. The van der Waals surface area contributed by atoms with E-state index in [0.717, 1.165) is 17.4 Å². The molecule has 0 fully saturated rings. The first kappa shape index (κ1) is 16.5. The first-order valence-electron chi connectivity index (χ1n) is 6.85. The van der Waals surface area contributed by atoms with E-state index in [-0.39, 0.29) is 6.61 Å². The van der Waals surface area contributed by atoms with Crippen molar-refractivity contribution in [2.24, 2.45) is 0 Å². The van der Waals surface area contributed by atoms with Crippen molar-refractivity contribution in [1.29, 1.82) is 0 Å². The molecule has 2 N–H and O–H groups in total. The van der Waals surface area contributed by atoms with Gasteiger partial charge >= 0.3 is 0 Å². The number of benzene rings is 1. The maximum Gasteiger partial charge on any atom is 0.0447 e. The maximum atomic E-state index is 9.07. The second-order valence-electron chi connectivity index (χ2n) is 5.08. The molecule has 1 aromatic carbocycles. The average molecular weight is 329 g/mol. The van der Waals surface area contributed by atoms with Crippen molar-refractivity contribution in [3.8, 4) is 0 Å². The number of aliphatic hydroxyl groups excluding tert-OH is 1. The molecule has 0 radical (unpaired) electrons. The van der Waals surface area contributed by atoms with Crippen molar-refractivity contribution in [3.63, 3.8) is 0 Å². The lowest BCUT2D eigenvalue weighted by Crippen LogP contribution is -2.33. The molecule has 0 heterocycles. The molecule has 1 unspecified atom stereocenters. The summed E-state index contributed by atoms with van der Waals surface area (Å²) in [6.07, 6.45) is 0.793. The molecule has 0 saturated heterocycles. The third kappa shape index (κ3) is 4.48. The van der Waals surface area contributed by atoms with Gasteiger partial charge in [0.2, 0.25) is 0 Å². The van der Waals surface area contributed by atoms with Crippen LogP contribution in [0.2, 0.25) is 0 Å². The Morgan fingerprint density at radius 3 is 2.53 bits per heavy atom. The third-order valence-corrected chi connectivity index (χ3v) is 3.87. The summed E-state index contributed by atoms with van der Waals surface area (Å²) in [7, 11) is 1.97. The molecule has 19 heavy (non-hydrogen) atoms. The monoisotopic (exact) mass is 328 g/mol. The van der Waals surface area contributed by atoms with Crippen molar-refractivity contribution in [2.75, 3.05) is 25.1 Å². The lowest BCUT2D eigenvalue weighted by atomic mass is 10.0. The highest BCUT2D eigenvalue weighted by Gasteiger charge is 2.17. The largest absolute Gasteiger partial charge is 0.396 e. The number of nitrogens with one attached hydrogen (secondary N) is 1. The summed E-state index contributed by atoms with van der Waals surface area (Å²) >= 11 is 3.55. The van der Waals surface area contributed by atoms with E-state index in [1.54, 1.807) is 0 Å². The molecule has 0 saturated carbocycles. The number of rotatable bonds is 7. The van der Waals surface area contributed by atoms with Gasteiger partial charge in [0.1, 0.15) is 0 Å². The number of anilines is 1. The van der Waals surface area contributed by atoms with E-state index in [4.69, 9.17) is 5.11 Å². The minimum absolute atomic E-state index is 0.233. The molecule has 4 heteroatoms. The van der Waals surface area contributed by atoms with Gasteiger partial charge in [0.25, 0.3) is 0 Å². The Morgan fingerprint density at radius 1 is 1.32 bits per heavy atom. The first-order chi connectivity index (χ1) is 9.01. The van der Waals surface area contributed by atoms with Crippen molar-refractivity contribution in [2.45, 2.75) is 39.3 Å². The third-order valence-electron chi connectivity index (χ3n) is 3.38. The van der Waals surface area contributed by atoms with E-state index < -0.39 is 0 Å². The SMILES string of the molecule is CNC(C)c1cc(Br)ccc1N(CCCO)C(C)C.